The van der Waals surface area contributed by atoms with E-state index < -0.39 is 0 Å². The van der Waals surface area contributed by atoms with E-state index in [0.29, 0.717) is 0 Å². The summed E-state index contributed by atoms with van der Waals surface area (Å²) in [4.78, 5) is 0. The Labute approximate surface area is 84.4 Å². The molecule has 77 valence electrons. The Morgan fingerprint density at radius 3 is 2.00 bits per heavy atom. The molecule has 0 amide bonds. The molecule has 0 bridgehead atoms. The lowest BCUT2D eigenvalue weighted by molar-refractivity contribution is 0.599. The number of allylic oxidation sites excluding steroid dienone is 2. The predicted octanol–water partition coefficient (Wildman–Crippen LogP) is 4.91. The van der Waals surface area contributed by atoms with Gasteiger partial charge in [-0.3, -0.25) is 0 Å². The third-order valence-corrected chi connectivity index (χ3v) is 2.26. The van der Waals surface area contributed by atoms with Gasteiger partial charge in [0, 0.05) is 0 Å². The minimum Gasteiger partial charge on any atom is -0.0859 e. The van der Waals surface area contributed by atoms with E-state index in [9.17, 15) is 0 Å². The molecule has 0 aromatic carbocycles. The molecule has 0 atom stereocenters. The van der Waals surface area contributed by atoms with Crippen LogP contribution in [0, 0.1) is 6.92 Å². The molecule has 0 N–H and O–H groups in total. The van der Waals surface area contributed by atoms with Gasteiger partial charge in [0.1, 0.15) is 0 Å². The highest BCUT2D eigenvalue weighted by Gasteiger charge is 1.89. The van der Waals surface area contributed by atoms with Crippen molar-refractivity contribution in [2.75, 3.05) is 0 Å². The number of unbranched alkanes of at least 4 members (excludes halogenated alkanes) is 7. The van der Waals surface area contributed by atoms with Gasteiger partial charge in [0.15, 0.2) is 0 Å². The molecule has 0 aromatic rings. The van der Waals surface area contributed by atoms with Gasteiger partial charge in [0.2, 0.25) is 0 Å². The Balaban J connectivity index is 2.96. The zero-order valence-corrected chi connectivity index (χ0v) is 9.44. The lowest BCUT2D eigenvalue weighted by Crippen LogP contribution is -1.79. The normalized spacial score (nSPS) is 10.1. The standard InChI is InChI=1S/C13H25/c1-4-5-6-7-8-9-10-11-12-13(2)3/h12H,1,4-11H2,2-3H3. The molecule has 0 aliphatic carbocycles. The molecule has 0 aliphatic heterocycles. The fourth-order valence-electron chi connectivity index (χ4n) is 1.42. The van der Waals surface area contributed by atoms with Gasteiger partial charge in [-0.25, -0.2) is 0 Å². The maximum atomic E-state index is 3.84. The fourth-order valence-corrected chi connectivity index (χ4v) is 1.42. The van der Waals surface area contributed by atoms with E-state index in [1.165, 1.54) is 50.5 Å². The second kappa shape index (κ2) is 9.83. The van der Waals surface area contributed by atoms with E-state index in [1.54, 1.807) is 0 Å². The zero-order chi connectivity index (χ0) is 9.94. The molecule has 0 unspecified atom stereocenters. The highest BCUT2D eigenvalue weighted by Crippen LogP contribution is 2.09. The number of rotatable bonds is 8. The third kappa shape index (κ3) is 11.7. The molecule has 0 aliphatic rings. The van der Waals surface area contributed by atoms with Crippen molar-refractivity contribution in [2.24, 2.45) is 0 Å². The van der Waals surface area contributed by atoms with Gasteiger partial charge in [-0.05, 0) is 26.7 Å². The molecule has 0 heteroatoms. The molecular formula is C13H25. The summed E-state index contributed by atoms with van der Waals surface area (Å²) in [5, 5.41) is 0. The Morgan fingerprint density at radius 1 is 0.923 bits per heavy atom. The van der Waals surface area contributed by atoms with E-state index >= 15 is 0 Å². The Bertz CT molecular complexity index is 118. The van der Waals surface area contributed by atoms with Crippen molar-refractivity contribution < 1.29 is 0 Å². The topological polar surface area (TPSA) is 0 Å². The third-order valence-electron chi connectivity index (χ3n) is 2.26. The van der Waals surface area contributed by atoms with Gasteiger partial charge in [0.05, 0.1) is 0 Å². The highest BCUT2D eigenvalue weighted by atomic mass is 14.0. The van der Waals surface area contributed by atoms with Crippen LogP contribution in [0.15, 0.2) is 11.6 Å². The van der Waals surface area contributed by atoms with Crippen molar-refractivity contribution in [3.05, 3.63) is 18.6 Å². The molecule has 0 nitrogen and oxygen atoms in total. The second-order valence-electron chi connectivity index (χ2n) is 4.05. The van der Waals surface area contributed by atoms with Crippen LogP contribution in [-0.4, -0.2) is 0 Å². The first-order chi connectivity index (χ1) is 6.27. The molecule has 0 spiro atoms. The van der Waals surface area contributed by atoms with Crippen molar-refractivity contribution in [3.63, 3.8) is 0 Å². The summed E-state index contributed by atoms with van der Waals surface area (Å²) in [6, 6.07) is 0. The van der Waals surface area contributed by atoms with Crippen LogP contribution in [0.5, 0.6) is 0 Å². The molecule has 0 saturated carbocycles. The van der Waals surface area contributed by atoms with Crippen LogP contribution < -0.4 is 0 Å². The van der Waals surface area contributed by atoms with Crippen LogP contribution in [0.4, 0.5) is 0 Å². The SMILES string of the molecule is [CH2]CCCCCCCCC=C(C)C. The van der Waals surface area contributed by atoms with Crippen LogP contribution in [0.1, 0.15) is 65.2 Å². The van der Waals surface area contributed by atoms with Crippen molar-refractivity contribution in [1.29, 1.82) is 0 Å². The Kier molecular flexibility index (Phi) is 9.63. The summed E-state index contributed by atoms with van der Waals surface area (Å²) in [6.45, 7) is 8.19. The first-order valence-corrected chi connectivity index (χ1v) is 5.70. The first-order valence-electron chi connectivity index (χ1n) is 5.70. The molecule has 1 radical (unpaired) electrons. The van der Waals surface area contributed by atoms with Crippen molar-refractivity contribution in [3.8, 4) is 0 Å². The first kappa shape index (κ1) is 12.7. The maximum absolute atomic E-state index is 3.84. The Hall–Kier alpha value is -0.260. The summed E-state index contributed by atoms with van der Waals surface area (Å²) in [6.07, 6.45) is 13.0. The minimum absolute atomic E-state index is 1.11. The van der Waals surface area contributed by atoms with Gasteiger partial charge in [0.25, 0.3) is 0 Å². The second-order valence-corrected chi connectivity index (χ2v) is 4.05. The fraction of sp³-hybridized carbons (Fsp3) is 0.769. The van der Waals surface area contributed by atoms with E-state index in [1.807, 2.05) is 0 Å². The smallest absolute Gasteiger partial charge is 0.0348 e. The number of hydrogen-bond acceptors (Lipinski definition) is 0. The molecule has 0 aromatic heterocycles. The van der Waals surface area contributed by atoms with E-state index in [0.717, 1.165) is 6.42 Å². The summed E-state index contributed by atoms with van der Waals surface area (Å²) in [5.41, 5.74) is 1.46. The van der Waals surface area contributed by atoms with Crippen LogP contribution in [-0.2, 0) is 0 Å². The summed E-state index contributed by atoms with van der Waals surface area (Å²) < 4.78 is 0. The lowest BCUT2D eigenvalue weighted by atomic mass is 10.1. The predicted molar refractivity (Wildman–Crippen MR) is 61.7 cm³/mol. The van der Waals surface area contributed by atoms with E-state index in [2.05, 4.69) is 26.8 Å². The van der Waals surface area contributed by atoms with Gasteiger partial charge >= 0.3 is 0 Å². The minimum atomic E-state index is 1.11. The number of hydrogen-bond donors (Lipinski definition) is 0. The molecule has 0 heterocycles. The van der Waals surface area contributed by atoms with E-state index in [4.69, 9.17) is 0 Å². The summed E-state index contributed by atoms with van der Waals surface area (Å²) in [7, 11) is 0. The van der Waals surface area contributed by atoms with Crippen LogP contribution in [0.2, 0.25) is 0 Å². The zero-order valence-electron chi connectivity index (χ0n) is 9.44. The molecule has 0 saturated heterocycles. The van der Waals surface area contributed by atoms with Crippen molar-refractivity contribution >= 4 is 0 Å². The average Bonchev–Trinajstić information content (AvgIpc) is 2.09. The van der Waals surface area contributed by atoms with Gasteiger partial charge < -0.3 is 0 Å². The monoisotopic (exact) mass is 181 g/mol. The molecule has 0 rings (SSSR count). The van der Waals surface area contributed by atoms with Gasteiger partial charge in [-0.2, -0.15) is 0 Å². The van der Waals surface area contributed by atoms with Crippen molar-refractivity contribution in [2.45, 2.75) is 65.2 Å². The van der Waals surface area contributed by atoms with Crippen molar-refractivity contribution in [1.82, 2.24) is 0 Å². The van der Waals surface area contributed by atoms with E-state index in [-0.39, 0.29) is 0 Å². The molecular weight excluding hydrogens is 156 g/mol. The maximum Gasteiger partial charge on any atom is -0.0348 e. The van der Waals surface area contributed by atoms with Crippen LogP contribution >= 0.6 is 0 Å². The summed E-state index contributed by atoms with van der Waals surface area (Å²) in [5.74, 6) is 0. The van der Waals surface area contributed by atoms with Gasteiger partial charge in [-0.1, -0.05) is 57.1 Å². The highest BCUT2D eigenvalue weighted by molar-refractivity contribution is 4.92. The lowest BCUT2D eigenvalue weighted by Gasteiger charge is -1.99. The molecule has 13 heavy (non-hydrogen) atoms. The van der Waals surface area contributed by atoms with Gasteiger partial charge in [-0.15, -0.1) is 0 Å². The molecule has 0 fully saturated rings. The summed E-state index contributed by atoms with van der Waals surface area (Å²) >= 11 is 0. The largest absolute Gasteiger partial charge is 0.0859 e. The van der Waals surface area contributed by atoms with Crippen LogP contribution in [0.3, 0.4) is 0 Å². The Morgan fingerprint density at radius 2 is 1.46 bits per heavy atom. The van der Waals surface area contributed by atoms with Crippen LogP contribution in [0.25, 0.3) is 0 Å². The quantitative estimate of drug-likeness (QED) is 0.369. The average molecular weight is 181 g/mol.